The van der Waals surface area contributed by atoms with Crippen LogP contribution >= 0.6 is 22.9 Å². The van der Waals surface area contributed by atoms with Crippen LogP contribution in [0.4, 0.5) is 5.69 Å². The molecule has 136 valence electrons. The lowest BCUT2D eigenvalue weighted by molar-refractivity contribution is 0.103. The zero-order valence-electron chi connectivity index (χ0n) is 15.8. The molecule has 3 rings (SSSR count). The van der Waals surface area contributed by atoms with E-state index in [2.05, 4.69) is 31.1 Å². The molecule has 1 aromatic carbocycles. The van der Waals surface area contributed by atoms with Crippen molar-refractivity contribution in [1.82, 2.24) is 9.97 Å². The van der Waals surface area contributed by atoms with Gasteiger partial charge < -0.3 is 5.32 Å². The van der Waals surface area contributed by atoms with Crippen LogP contribution in [0.5, 0.6) is 0 Å². The molecule has 6 heteroatoms. The lowest BCUT2D eigenvalue weighted by Gasteiger charge is -2.16. The smallest absolute Gasteiger partial charge is 0.266 e. The highest BCUT2D eigenvalue weighted by molar-refractivity contribution is 7.20. The van der Waals surface area contributed by atoms with E-state index < -0.39 is 0 Å². The molecule has 2 aromatic heterocycles. The number of halogens is 1. The SMILES string of the molecule is Cc1ccc(Cl)cc1NC(=O)c1sc2nc(C(C)(C)C)nc(C)c2c1C. The highest BCUT2D eigenvalue weighted by Gasteiger charge is 2.23. The molecule has 0 fully saturated rings. The summed E-state index contributed by atoms with van der Waals surface area (Å²) >= 11 is 7.47. The average Bonchev–Trinajstić information content (AvgIpc) is 2.87. The van der Waals surface area contributed by atoms with Crippen LogP contribution in [0.2, 0.25) is 5.02 Å². The van der Waals surface area contributed by atoms with Crippen molar-refractivity contribution in [2.24, 2.45) is 0 Å². The number of fused-ring (bicyclic) bond motifs is 1. The van der Waals surface area contributed by atoms with E-state index in [1.54, 1.807) is 6.07 Å². The maximum absolute atomic E-state index is 12.9. The predicted molar refractivity (Wildman–Crippen MR) is 110 cm³/mol. The first-order valence-corrected chi connectivity index (χ1v) is 9.63. The van der Waals surface area contributed by atoms with Crippen LogP contribution in [0.1, 0.15) is 53.1 Å². The molecule has 3 aromatic rings. The molecule has 0 spiro atoms. The van der Waals surface area contributed by atoms with Crippen molar-refractivity contribution < 1.29 is 4.79 Å². The van der Waals surface area contributed by atoms with Gasteiger partial charge in [0, 0.05) is 21.5 Å². The number of rotatable bonds is 2. The van der Waals surface area contributed by atoms with Crippen LogP contribution in [-0.4, -0.2) is 15.9 Å². The summed E-state index contributed by atoms with van der Waals surface area (Å²) in [6.07, 6.45) is 0. The summed E-state index contributed by atoms with van der Waals surface area (Å²) in [5, 5.41) is 4.53. The number of carbonyl (C=O) groups excluding carboxylic acids is 1. The third-order valence-electron chi connectivity index (χ3n) is 4.30. The van der Waals surface area contributed by atoms with E-state index in [1.807, 2.05) is 32.9 Å². The number of aryl methyl sites for hydroxylation is 3. The minimum absolute atomic E-state index is 0.142. The molecule has 0 saturated carbocycles. The van der Waals surface area contributed by atoms with E-state index in [1.165, 1.54) is 11.3 Å². The molecule has 1 amide bonds. The highest BCUT2D eigenvalue weighted by Crippen LogP contribution is 2.34. The Labute approximate surface area is 162 Å². The molecular formula is C20H22ClN3OS. The first kappa shape index (κ1) is 18.8. The maximum Gasteiger partial charge on any atom is 0.266 e. The number of nitrogens with one attached hydrogen (secondary N) is 1. The number of hydrogen-bond acceptors (Lipinski definition) is 4. The molecule has 26 heavy (non-hydrogen) atoms. The van der Waals surface area contributed by atoms with Gasteiger partial charge in [0.15, 0.2) is 0 Å². The van der Waals surface area contributed by atoms with Crippen LogP contribution in [0.15, 0.2) is 18.2 Å². The molecule has 0 bridgehead atoms. The van der Waals surface area contributed by atoms with Crippen LogP contribution in [0, 0.1) is 20.8 Å². The molecule has 0 atom stereocenters. The summed E-state index contributed by atoms with van der Waals surface area (Å²) in [5.74, 6) is 0.647. The Balaban J connectivity index is 2.05. The molecule has 0 unspecified atom stereocenters. The van der Waals surface area contributed by atoms with Gasteiger partial charge in [-0.3, -0.25) is 4.79 Å². The summed E-state index contributed by atoms with van der Waals surface area (Å²) in [7, 11) is 0. The van der Waals surface area contributed by atoms with E-state index in [0.717, 1.165) is 38.5 Å². The van der Waals surface area contributed by atoms with Crippen molar-refractivity contribution in [2.45, 2.75) is 47.0 Å². The van der Waals surface area contributed by atoms with Crippen LogP contribution in [0.25, 0.3) is 10.2 Å². The minimum atomic E-state index is -0.146. The number of thiophene rings is 1. The summed E-state index contributed by atoms with van der Waals surface area (Å²) in [6.45, 7) is 12.1. The monoisotopic (exact) mass is 387 g/mol. The van der Waals surface area contributed by atoms with Gasteiger partial charge in [0.05, 0.1) is 10.6 Å². The standard InChI is InChI=1S/C20H22ClN3OS/c1-10-7-8-13(21)9-14(10)23-17(25)16-11(2)15-12(3)22-19(20(4,5)6)24-18(15)26-16/h7-9H,1-6H3,(H,23,25). The second kappa shape index (κ2) is 6.63. The van der Waals surface area contributed by atoms with Gasteiger partial charge in [0.25, 0.3) is 5.91 Å². The zero-order chi connectivity index (χ0) is 19.2. The number of amides is 1. The Kier molecular flexibility index (Phi) is 4.80. The van der Waals surface area contributed by atoms with E-state index >= 15 is 0 Å². The normalized spacial score (nSPS) is 11.8. The van der Waals surface area contributed by atoms with Gasteiger partial charge in [-0.15, -0.1) is 11.3 Å². The summed E-state index contributed by atoms with van der Waals surface area (Å²) in [6, 6.07) is 5.46. The number of benzene rings is 1. The Bertz CT molecular complexity index is 1020. The Hall–Kier alpha value is -1.98. The molecule has 0 aliphatic rings. The van der Waals surface area contributed by atoms with E-state index in [4.69, 9.17) is 16.6 Å². The van der Waals surface area contributed by atoms with E-state index in [9.17, 15) is 4.79 Å². The first-order valence-electron chi connectivity index (χ1n) is 8.43. The molecule has 0 aliphatic carbocycles. The summed E-state index contributed by atoms with van der Waals surface area (Å²) < 4.78 is 0. The maximum atomic E-state index is 12.9. The van der Waals surface area contributed by atoms with Crippen molar-refractivity contribution >= 4 is 44.7 Å². The van der Waals surface area contributed by atoms with E-state index in [0.29, 0.717) is 9.90 Å². The van der Waals surface area contributed by atoms with Gasteiger partial charge in [0.1, 0.15) is 10.7 Å². The van der Waals surface area contributed by atoms with Gasteiger partial charge in [-0.2, -0.15) is 0 Å². The lowest BCUT2D eigenvalue weighted by atomic mass is 9.95. The Morgan fingerprint density at radius 3 is 2.50 bits per heavy atom. The second-order valence-electron chi connectivity index (χ2n) is 7.53. The third kappa shape index (κ3) is 3.46. The van der Waals surface area contributed by atoms with Gasteiger partial charge in [-0.1, -0.05) is 38.4 Å². The van der Waals surface area contributed by atoms with Crippen molar-refractivity contribution in [3.8, 4) is 0 Å². The first-order chi connectivity index (χ1) is 12.1. The van der Waals surface area contributed by atoms with Gasteiger partial charge >= 0.3 is 0 Å². The topological polar surface area (TPSA) is 54.9 Å². The molecule has 0 saturated heterocycles. The fourth-order valence-electron chi connectivity index (χ4n) is 2.80. The largest absolute Gasteiger partial charge is 0.321 e. The predicted octanol–water partition coefficient (Wildman–Crippen LogP) is 5.82. The Morgan fingerprint density at radius 2 is 1.85 bits per heavy atom. The minimum Gasteiger partial charge on any atom is -0.321 e. The number of carbonyl (C=O) groups is 1. The van der Waals surface area contributed by atoms with Crippen molar-refractivity contribution in [3.63, 3.8) is 0 Å². The lowest BCUT2D eigenvalue weighted by Crippen LogP contribution is -2.16. The molecule has 0 radical (unpaired) electrons. The second-order valence-corrected chi connectivity index (χ2v) is 8.97. The highest BCUT2D eigenvalue weighted by atomic mass is 35.5. The quantitative estimate of drug-likeness (QED) is 0.602. The molecule has 2 heterocycles. The Morgan fingerprint density at radius 1 is 1.15 bits per heavy atom. The van der Waals surface area contributed by atoms with Crippen molar-refractivity contribution in [3.05, 3.63) is 50.7 Å². The molecule has 0 aliphatic heterocycles. The van der Waals surface area contributed by atoms with E-state index in [-0.39, 0.29) is 11.3 Å². The molecule has 4 nitrogen and oxygen atoms in total. The number of hydrogen-bond donors (Lipinski definition) is 1. The third-order valence-corrected chi connectivity index (χ3v) is 5.72. The molecule has 1 N–H and O–H groups in total. The summed E-state index contributed by atoms with van der Waals surface area (Å²) in [5.41, 5.74) is 3.37. The van der Waals surface area contributed by atoms with Crippen LogP contribution in [-0.2, 0) is 5.41 Å². The van der Waals surface area contributed by atoms with Crippen molar-refractivity contribution in [2.75, 3.05) is 5.32 Å². The molecular weight excluding hydrogens is 366 g/mol. The fourth-order valence-corrected chi connectivity index (χ4v) is 4.10. The van der Waals surface area contributed by atoms with Gasteiger partial charge in [0.2, 0.25) is 0 Å². The number of aromatic nitrogens is 2. The van der Waals surface area contributed by atoms with Gasteiger partial charge in [-0.25, -0.2) is 9.97 Å². The van der Waals surface area contributed by atoms with Crippen LogP contribution in [0.3, 0.4) is 0 Å². The fraction of sp³-hybridized carbons (Fsp3) is 0.350. The average molecular weight is 388 g/mol. The van der Waals surface area contributed by atoms with Crippen LogP contribution < -0.4 is 5.32 Å². The zero-order valence-corrected chi connectivity index (χ0v) is 17.4. The van der Waals surface area contributed by atoms with Crippen molar-refractivity contribution in [1.29, 1.82) is 0 Å². The van der Waals surface area contributed by atoms with Gasteiger partial charge in [-0.05, 0) is 44.0 Å². The number of anilines is 1. The number of nitrogens with zero attached hydrogens (tertiary/aromatic N) is 2. The summed E-state index contributed by atoms with van der Waals surface area (Å²) in [4.78, 5) is 23.8.